The number of benzene rings is 2. The molecule has 0 spiro atoms. The first-order valence-corrected chi connectivity index (χ1v) is 10.9. The van der Waals surface area contributed by atoms with E-state index in [0.717, 1.165) is 10.5 Å². The maximum Gasteiger partial charge on any atom is 0.246 e. The number of carbonyl (C=O) groups is 1. The van der Waals surface area contributed by atoms with Gasteiger partial charge in [-0.1, -0.05) is 29.8 Å². The molecule has 9 heteroatoms. The van der Waals surface area contributed by atoms with Crippen LogP contribution >= 0.6 is 11.6 Å². The first-order valence-electron chi connectivity index (χ1n) is 10.5. The van der Waals surface area contributed by atoms with Crippen LogP contribution in [0.5, 0.6) is 0 Å². The van der Waals surface area contributed by atoms with Crippen LogP contribution in [-0.2, 0) is 11.3 Å². The number of anilines is 1. The van der Waals surface area contributed by atoms with E-state index in [9.17, 15) is 14.4 Å². The molecule has 3 rings (SSSR count). The van der Waals surface area contributed by atoms with E-state index in [1.807, 2.05) is 18.0 Å². The van der Waals surface area contributed by atoms with E-state index in [4.69, 9.17) is 22.7 Å². The van der Waals surface area contributed by atoms with Gasteiger partial charge in [0.1, 0.15) is 5.82 Å². The molecule has 7 nitrogen and oxygen atoms in total. The predicted octanol–water partition coefficient (Wildman–Crippen LogP) is 3.79. The van der Waals surface area contributed by atoms with E-state index >= 15 is 0 Å². The second-order valence-corrected chi connectivity index (χ2v) is 8.54. The molecule has 1 aliphatic heterocycles. The van der Waals surface area contributed by atoms with Gasteiger partial charge in [-0.3, -0.25) is 15.1 Å². The zero-order valence-electron chi connectivity index (χ0n) is 18.5. The average Bonchev–Trinajstić information content (AvgIpc) is 2.77. The number of piperazine rings is 1. The summed E-state index contributed by atoms with van der Waals surface area (Å²) in [5.74, 6) is -0.851. The van der Waals surface area contributed by atoms with Crippen molar-refractivity contribution in [1.82, 2.24) is 9.80 Å². The summed E-state index contributed by atoms with van der Waals surface area (Å²) in [5, 5.41) is 17.3. The number of rotatable bonds is 5. The van der Waals surface area contributed by atoms with Crippen molar-refractivity contribution in [2.45, 2.75) is 32.5 Å². The van der Waals surface area contributed by atoms with Crippen molar-refractivity contribution >= 4 is 35.2 Å². The third-order valence-electron chi connectivity index (χ3n) is 5.68. The lowest BCUT2D eigenvalue weighted by Gasteiger charge is -2.44. The van der Waals surface area contributed by atoms with Gasteiger partial charge in [0.15, 0.2) is 6.19 Å². The lowest BCUT2D eigenvalue weighted by molar-refractivity contribution is -0.131. The summed E-state index contributed by atoms with van der Waals surface area (Å²) in [4.78, 5) is 18.0. The third-order valence-corrected chi connectivity index (χ3v) is 5.91. The number of hydrogen-bond donors (Lipinski definition) is 2. The molecule has 0 unspecified atom stereocenters. The number of nitriles is 1. The number of halogens is 2. The van der Waals surface area contributed by atoms with Crippen LogP contribution in [0.2, 0.25) is 5.02 Å². The van der Waals surface area contributed by atoms with Crippen LogP contribution < -0.4 is 10.6 Å². The first-order chi connectivity index (χ1) is 15.7. The molecule has 172 valence electrons. The zero-order valence-corrected chi connectivity index (χ0v) is 19.3. The highest BCUT2D eigenvalue weighted by atomic mass is 35.5. The maximum atomic E-state index is 13.2. The van der Waals surface area contributed by atoms with Crippen LogP contribution in [0.3, 0.4) is 0 Å². The largest absolute Gasteiger partial charge is 0.369 e. The lowest BCUT2D eigenvalue weighted by Crippen LogP contribution is -2.57. The summed E-state index contributed by atoms with van der Waals surface area (Å²) in [6, 6.07) is 11.4. The molecule has 1 heterocycles. The Morgan fingerprint density at radius 1 is 1.27 bits per heavy atom. The van der Waals surface area contributed by atoms with Crippen LogP contribution in [0.1, 0.15) is 25.0 Å². The van der Waals surface area contributed by atoms with Crippen LogP contribution in [0.4, 0.5) is 10.1 Å². The Balaban J connectivity index is 1.72. The number of nitrogens with two attached hydrogens (primary N) is 1. The van der Waals surface area contributed by atoms with Crippen LogP contribution in [0, 0.1) is 22.7 Å². The predicted molar refractivity (Wildman–Crippen MR) is 128 cm³/mol. The van der Waals surface area contributed by atoms with Gasteiger partial charge in [0.25, 0.3) is 0 Å². The molecule has 2 atom stereocenters. The molecule has 0 radical (unpaired) electrons. The number of amides is 1. The highest BCUT2D eigenvalue weighted by Gasteiger charge is 2.31. The number of hydrogen-bond acceptors (Lipinski definition) is 4. The van der Waals surface area contributed by atoms with Gasteiger partial charge in [0, 0.05) is 42.8 Å². The third kappa shape index (κ3) is 5.89. The number of carbonyl (C=O) groups excluding carboxylic acids is 1. The fraction of sp³-hybridized carbons (Fsp3) is 0.292. The molecule has 0 aromatic heterocycles. The molecule has 33 heavy (non-hydrogen) atoms. The molecular formula is C24H26ClFN6O. The standard InChI is InChI=1S/C24H26ClFN6O/c1-16-13-31(17(2)12-30(16)14-18-3-8-21(26)9-4-18)23(33)10-6-19-5-7-20(25)11-22(19)32(15-27)24(28)29/h3-11,16-17H,12-14H2,1-2H3,(H3,28,29)/b10-6+/t16-,17+/m0/s1. The minimum Gasteiger partial charge on any atom is -0.369 e. The molecule has 1 saturated heterocycles. The fourth-order valence-corrected chi connectivity index (χ4v) is 4.06. The minimum atomic E-state index is -0.444. The molecule has 2 aromatic carbocycles. The Bertz CT molecular complexity index is 1100. The van der Waals surface area contributed by atoms with E-state index in [-0.39, 0.29) is 23.8 Å². The van der Waals surface area contributed by atoms with Crippen LogP contribution in [0.25, 0.3) is 6.08 Å². The number of guanidine groups is 1. The van der Waals surface area contributed by atoms with Gasteiger partial charge in [-0.15, -0.1) is 0 Å². The Kier molecular flexibility index (Phi) is 7.69. The minimum absolute atomic E-state index is 0.0173. The Labute approximate surface area is 198 Å². The Morgan fingerprint density at radius 3 is 2.61 bits per heavy atom. The van der Waals surface area contributed by atoms with Gasteiger partial charge >= 0.3 is 0 Å². The normalized spacial score (nSPS) is 18.8. The van der Waals surface area contributed by atoms with Crippen molar-refractivity contribution in [3.05, 3.63) is 70.5 Å². The summed E-state index contributed by atoms with van der Waals surface area (Å²) >= 11 is 6.05. The van der Waals surface area contributed by atoms with E-state index < -0.39 is 5.96 Å². The molecule has 0 saturated carbocycles. The van der Waals surface area contributed by atoms with E-state index in [1.54, 1.807) is 30.3 Å². The van der Waals surface area contributed by atoms with Crippen LogP contribution in [0.15, 0.2) is 48.5 Å². The summed E-state index contributed by atoms with van der Waals surface area (Å²) in [5.41, 5.74) is 7.39. The monoisotopic (exact) mass is 468 g/mol. The van der Waals surface area contributed by atoms with Crippen molar-refractivity contribution in [1.29, 1.82) is 10.7 Å². The summed E-state index contributed by atoms with van der Waals surface area (Å²) in [7, 11) is 0. The molecule has 0 aliphatic carbocycles. The number of nitrogens with one attached hydrogen (secondary N) is 1. The molecule has 1 fully saturated rings. The quantitative estimate of drug-likeness (QED) is 0.228. The van der Waals surface area contributed by atoms with Gasteiger partial charge in [-0.2, -0.15) is 5.26 Å². The smallest absolute Gasteiger partial charge is 0.246 e. The van der Waals surface area contributed by atoms with Crippen molar-refractivity contribution in [3.63, 3.8) is 0 Å². The van der Waals surface area contributed by atoms with Gasteiger partial charge < -0.3 is 10.6 Å². The Morgan fingerprint density at radius 2 is 1.97 bits per heavy atom. The molecule has 3 N–H and O–H groups in total. The molecule has 1 amide bonds. The summed E-state index contributed by atoms with van der Waals surface area (Å²) < 4.78 is 13.2. The molecular weight excluding hydrogens is 443 g/mol. The van der Waals surface area contributed by atoms with E-state index in [2.05, 4.69) is 11.8 Å². The van der Waals surface area contributed by atoms with Gasteiger partial charge in [0.2, 0.25) is 11.9 Å². The van der Waals surface area contributed by atoms with E-state index in [0.29, 0.717) is 35.9 Å². The van der Waals surface area contributed by atoms with Crippen molar-refractivity contribution < 1.29 is 9.18 Å². The number of nitrogens with zero attached hydrogens (tertiary/aromatic N) is 4. The highest BCUT2D eigenvalue weighted by Crippen LogP contribution is 2.26. The molecule has 2 aromatic rings. The van der Waals surface area contributed by atoms with E-state index in [1.165, 1.54) is 24.3 Å². The SMILES string of the molecule is C[C@@H]1CN(Cc2ccc(F)cc2)[C@@H](C)CN1C(=O)/C=C/c1ccc(Cl)cc1N(C#N)C(=N)N. The zero-order chi connectivity index (χ0) is 24.1. The van der Waals surface area contributed by atoms with Gasteiger partial charge in [0.05, 0.1) is 5.69 Å². The topological polar surface area (TPSA) is 100 Å². The maximum absolute atomic E-state index is 13.2. The highest BCUT2D eigenvalue weighted by molar-refractivity contribution is 6.31. The van der Waals surface area contributed by atoms with Crippen LogP contribution in [-0.4, -0.2) is 46.8 Å². The van der Waals surface area contributed by atoms with Crippen molar-refractivity contribution in [2.24, 2.45) is 5.73 Å². The molecule has 1 aliphatic rings. The lowest BCUT2D eigenvalue weighted by atomic mass is 10.1. The second-order valence-electron chi connectivity index (χ2n) is 8.10. The van der Waals surface area contributed by atoms with Crippen molar-refractivity contribution in [3.8, 4) is 6.19 Å². The fourth-order valence-electron chi connectivity index (χ4n) is 3.90. The van der Waals surface area contributed by atoms with Crippen molar-refractivity contribution in [2.75, 3.05) is 18.0 Å². The average molecular weight is 469 g/mol. The summed E-state index contributed by atoms with van der Waals surface area (Å²) in [6.07, 6.45) is 4.91. The summed E-state index contributed by atoms with van der Waals surface area (Å²) in [6.45, 7) is 5.99. The van der Waals surface area contributed by atoms with Gasteiger partial charge in [-0.25, -0.2) is 9.29 Å². The first kappa shape index (κ1) is 24.2. The second kappa shape index (κ2) is 10.5. The Hall–Kier alpha value is -3.41. The molecule has 0 bridgehead atoms. The van der Waals surface area contributed by atoms with Gasteiger partial charge in [-0.05, 0) is 55.3 Å².